The Labute approximate surface area is 69.8 Å². The van der Waals surface area contributed by atoms with Crippen LogP contribution in [0.4, 0.5) is 15.8 Å². The van der Waals surface area contributed by atoms with Gasteiger partial charge in [-0.2, -0.15) is 0 Å². The first-order chi connectivity index (χ1) is 5.65. The minimum atomic E-state index is -0.433. The van der Waals surface area contributed by atoms with E-state index in [0.29, 0.717) is 5.69 Å². The number of rotatable bonds is 2. The van der Waals surface area contributed by atoms with Crippen LogP contribution in [0.1, 0.15) is 0 Å². The quantitative estimate of drug-likeness (QED) is 0.634. The van der Waals surface area contributed by atoms with E-state index >= 15 is 0 Å². The van der Waals surface area contributed by atoms with Crippen molar-refractivity contribution in [3.8, 4) is 0 Å². The fourth-order valence-corrected chi connectivity index (χ4v) is 0.915. The molecule has 0 aliphatic rings. The number of hydrogen-bond donors (Lipinski definition) is 0. The monoisotopic (exact) mass is 168 g/mol. The van der Waals surface area contributed by atoms with E-state index in [4.69, 9.17) is 0 Å². The van der Waals surface area contributed by atoms with Gasteiger partial charge in [-0.3, -0.25) is 0 Å². The second kappa shape index (κ2) is 3.30. The Morgan fingerprint density at radius 1 is 1.42 bits per heavy atom. The Morgan fingerprint density at radius 3 is 2.50 bits per heavy atom. The predicted molar refractivity (Wildman–Crippen MR) is 46.2 cm³/mol. The second-order valence-electron chi connectivity index (χ2n) is 2.62. The average Bonchev–Trinajstić information content (AvgIpc) is 2.03. The Hall–Kier alpha value is -1.45. The molecule has 12 heavy (non-hydrogen) atoms. The SMILES string of the molecule is CN(C)c1ccc(N=O)cc1F. The van der Waals surface area contributed by atoms with Gasteiger partial charge in [-0.1, -0.05) is 0 Å². The molecule has 0 fully saturated rings. The Kier molecular flexibility index (Phi) is 2.38. The van der Waals surface area contributed by atoms with Gasteiger partial charge in [0, 0.05) is 20.2 Å². The molecule has 0 saturated carbocycles. The molecule has 64 valence electrons. The van der Waals surface area contributed by atoms with E-state index in [1.807, 2.05) is 0 Å². The molecule has 0 heterocycles. The van der Waals surface area contributed by atoms with Gasteiger partial charge in [-0.25, -0.2) is 4.39 Å². The Morgan fingerprint density at radius 2 is 2.08 bits per heavy atom. The lowest BCUT2D eigenvalue weighted by Gasteiger charge is -2.12. The van der Waals surface area contributed by atoms with Crippen LogP contribution in [-0.2, 0) is 0 Å². The van der Waals surface area contributed by atoms with E-state index in [0.717, 1.165) is 6.07 Å². The van der Waals surface area contributed by atoms with Crippen LogP contribution >= 0.6 is 0 Å². The molecule has 0 bridgehead atoms. The molecule has 0 amide bonds. The van der Waals surface area contributed by atoms with E-state index < -0.39 is 5.82 Å². The highest BCUT2D eigenvalue weighted by molar-refractivity contribution is 5.53. The lowest BCUT2D eigenvalue weighted by atomic mass is 10.2. The second-order valence-corrected chi connectivity index (χ2v) is 2.62. The molecular weight excluding hydrogens is 159 g/mol. The maximum absolute atomic E-state index is 13.0. The van der Waals surface area contributed by atoms with Crippen LogP contribution in [0, 0.1) is 10.7 Å². The summed E-state index contributed by atoms with van der Waals surface area (Å²) in [6.07, 6.45) is 0. The summed E-state index contributed by atoms with van der Waals surface area (Å²) >= 11 is 0. The summed E-state index contributed by atoms with van der Waals surface area (Å²) in [7, 11) is 3.46. The summed E-state index contributed by atoms with van der Waals surface area (Å²) in [5.74, 6) is -0.433. The van der Waals surface area contributed by atoms with Crippen molar-refractivity contribution >= 4 is 11.4 Å². The number of nitrogens with zero attached hydrogens (tertiary/aromatic N) is 2. The van der Waals surface area contributed by atoms with Crippen molar-refractivity contribution in [2.75, 3.05) is 19.0 Å². The van der Waals surface area contributed by atoms with Crippen molar-refractivity contribution in [2.45, 2.75) is 0 Å². The van der Waals surface area contributed by atoms with Crippen LogP contribution in [0.15, 0.2) is 23.4 Å². The lowest BCUT2D eigenvalue weighted by molar-refractivity contribution is 0.626. The van der Waals surface area contributed by atoms with Gasteiger partial charge in [0.05, 0.1) is 5.69 Å². The van der Waals surface area contributed by atoms with E-state index in [2.05, 4.69) is 5.18 Å². The number of benzene rings is 1. The molecule has 4 heteroatoms. The first-order valence-electron chi connectivity index (χ1n) is 3.45. The van der Waals surface area contributed by atoms with Crippen molar-refractivity contribution in [1.29, 1.82) is 0 Å². The van der Waals surface area contributed by atoms with Gasteiger partial charge in [-0.15, -0.1) is 4.91 Å². The molecule has 1 aromatic rings. The highest BCUT2D eigenvalue weighted by Crippen LogP contribution is 2.22. The first kappa shape index (κ1) is 8.64. The highest BCUT2D eigenvalue weighted by Gasteiger charge is 2.04. The van der Waals surface area contributed by atoms with Crippen LogP contribution < -0.4 is 4.90 Å². The van der Waals surface area contributed by atoms with E-state index in [-0.39, 0.29) is 5.69 Å². The molecule has 3 nitrogen and oxygen atoms in total. The van der Waals surface area contributed by atoms with Crippen molar-refractivity contribution in [3.05, 3.63) is 28.9 Å². The molecule has 0 aliphatic heterocycles. The number of anilines is 1. The number of nitroso groups, excluding NO2 is 1. The molecular formula is C8H9FN2O. The summed E-state index contributed by atoms with van der Waals surface area (Å²) in [5.41, 5.74) is 0.556. The third-order valence-electron chi connectivity index (χ3n) is 1.52. The highest BCUT2D eigenvalue weighted by atomic mass is 19.1. The zero-order valence-electron chi connectivity index (χ0n) is 6.91. The Bertz CT molecular complexity index is 299. The molecule has 1 aromatic carbocycles. The van der Waals surface area contributed by atoms with Gasteiger partial charge >= 0.3 is 0 Å². The standard InChI is InChI=1S/C8H9FN2O/c1-11(2)8-4-3-6(10-12)5-7(8)9/h3-5H,1-2H3. The van der Waals surface area contributed by atoms with Gasteiger partial charge in [0.1, 0.15) is 11.5 Å². The third-order valence-corrected chi connectivity index (χ3v) is 1.52. The molecule has 0 spiro atoms. The predicted octanol–water partition coefficient (Wildman–Crippen LogP) is 2.29. The summed E-state index contributed by atoms with van der Waals surface area (Å²) in [6, 6.07) is 4.11. The minimum Gasteiger partial charge on any atom is -0.375 e. The summed E-state index contributed by atoms with van der Waals surface area (Å²) in [6.45, 7) is 0. The van der Waals surface area contributed by atoms with Gasteiger partial charge in [0.25, 0.3) is 0 Å². The largest absolute Gasteiger partial charge is 0.375 e. The minimum absolute atomic E-state index is 0.109. The first-order valence-corrected chi connectivity index (χ1v) is 3.45. The molecule has 0 radical (unpaired) electrons. The molecule has 0 aromatic heterocycles. The Balaban J connectivity index is 3.11. The maximum Gasteiger partial charge on any atom is 0.148 e. The van der Waals surface area contributed by atoms with Crippen LogP contribution in [0.2, 0.25) is 0 Å². The van der Waals surface area contributed by atoms with Crippen molar-refractivity contribution in [3.63, 3.8) is 0 Å². The van der Waals surface area contributed by atoms with Crippen LogP contribution in [0.25, 0.3) is 0 Å². The van der Waals surface area contributed by atoms with Crippen LogP contribution in [-0.4, -0.2) is 14.1 Å². The van der Waals surface area contributed by atoms with Gasteiger partial charge in [0.15, 0.2) is 0 Å². The molecule has 0 atom stereocenters. The van der Waals surface area contributed by atoms with E-state index in [1.54, 1.807) is 19.0 Å². The van der Waals surface area contributed by atoms with E-state index in [9.17, 15) is 9.30 Å². The molecule has 1 rings (SSSR count). The zero-order chi connectivity index (χ0) is 9.14. The third kappa shape index (κ3) is 1.58. The summed E-state index contributed by atoms with van der Waals surface area (Å²) < 4.78 is 13.0. The van der Waals surface area contributed by atoms with Crippen molar-refractivity contribution < 1.29 is 4.39 Å². The van der Waals surface area contributed by atoms with Crippen LogP contribution in [0.3, 0.4) is 0 Å². The number of halogens is 1. The average molecular weight is 168 g/mol. The van der Waals surface area contributed by atoms with Crippen molar-refractivity contribution in [1.82, 2.24) is 0 Å². The molecule has 0 unspecified atom stereocenters. The fourth-order valence-electron chi connectivity index (χ4n) is 0.915. The van der Waals surface area contributed by atoms with Crippen molar-refractivity contribution in [2.24, 2.45) is 5.18 Å². The van der Waals surface area contributed by atoms with Gasteiger partial charge in [-0.05, 0) is 17.3 Å². The van der Waals surface area contributed by atoms with Crippen LogP contribution in [0.5, 0.6) is 0 Å². The van der Waals surface area contributed by atoms with Gasteiger partial charge in [0.2, 0.25) is 0 Å². The molecule has 0 saturated heterocycles. The summed E-state index contributed by atoms with van der Waals surface area (Å²) in [5, 5.41) is 2.62. The lowest BCUT2D eigenvalue weighted by Crippen LogP contribution is -2.10. The molecule has 0 N–H and O–H groups in total. The summed E-state index contributed by atoms with van der Waals surface area (Å²) in [4.78, 5) is 11.6. The fraction of sp³-hybridized carbons (Fsp3) is 0.250. The zero-order valence-corrected chi connectivity index (χ0v) is 6.91. The van der Waals surface area contributed by atoms with E-state index in [1.165, 1.54) is 12.1 Å². The molecule has 0 aliphatic carbocycles. The van der Waals surface area contributed by atoms with Gasteiger partial charge < -0.3 is 4.90 Å². The topological polar surface area (TPSA) is 32.7 Å². The number of hydrogen-bond acceptors (Lipinski definition) is 3. The maximum atomic E-state index is 13.0. The normalized spacial score (nSPS) is 9.58. The smallest absolute Gasteiger partial charge is 0.148 e.